The van der Waals surface area contributed by atoms with E-state index >= 15 is 0 Å². The van der Waals surface area contributed by atoms with Crippen LogP contribution in [-0.2, 0) is 4.79 Å². The zero-order valence-electron chi connectivity index (χ0n) is 12.4. The average molecular weight is 335 g/mol. The van der Waals surface area contributed by atoms with Crippen molar-refractivity contribution >= 4 is 23.5 Å². The summed E-state index contributed by atoms with van der Waals surface area (Å²) in [5, 5.41) is 18.2. The monoisotopic (exact) mass is 334 g/mol. The zero-order chi connectivity index (χ0) is 16.6. The second kappa shape index (κ2) is 6.00. The van der Waals surface area contributed by atoms with Crippen molar-refractivity contribution in [2.45, 2.75) is 25.8 Å². The standard InChI is InChI=1S/C15H15ClN4O3/c1-9-13(14(21)19-7-3-6-12(19)15(22)23)18-20(17-9)11-5-2-4-10(16)8-11/h2,4-5,8,12H,3,6-7H2,1H3,(H,22,23)/t12-/m0/s1. The molecule has 0 spiro atoms. The molecule has 0 unspecified atom stereocenters. The van der Waals surface area contributed by atoms with Crippen molar-refractivity contribution in [1.82, 2.24) is 19.9 Å². The maximum atomic E-state index is 12.6. The molecule has 23 heavy (non-hydrogen) atoms. The van der Waals surface area contributed by atoms with Crippen LogP contribution < -0.4 is 0 Å². The van der Waals surface area contributed by atoms with Gasteiger partial charge in [0.25, 0.3) is 5.91 Å². The summed E-state index contributed by atoms with van der Waals surface area (Å²) in [7, 11) is 0. The van der Waals surface area contributed by atoms with Crippen LogP contribution in [0.1, 0.15) is 29.0 Å². The van der Waals surface area contributed by atoms with Gasteiger partial charge in [-0.05, 0) is 38.0 Å². The molecule has 2 heterocycles. The van der Waals surface area contributed by atoms with Crippen LogP contribution in [0.3, 0.4) is 0 Å². The molecule has 120 valence electrons. The van der Waals surface area contributed by atoms with E-state index < -0.39 is 17.9 Å². The second-order valence-electron chi connectivity index (χ2n) is 5.40. The van der Waals surface area contributed by atoms with Gasteiger partial charge in [0.15, 0.2) is 5.69 Å². The Morgan fingerprint density at radius 3 is 2.83 bits per heavy atom. The molecule has 1 atom stereocenters. The maximum Gasteiger partial charge on any atom is 0.326 e. The maximum absolute atomic E-state index is 12.6. The van der Waals surface area contributed by atoms with Gasteiger partial charge in [-0.2, -0.15) is 9.90 Å². The topological polar surface area (TPSA) is 88.3 Å². The Morgan fingerprint density at radius 1 is 1.35 bits per heavy atom. The highest BCUT2D eigenvalue weighted by molar-refractivity contribution is 6.30. The van der Waals surface area contributed by atoms with Crippen LogP contribution in [0.5, 0.6) is 0 Å². The Balaban J connectivity index is 1.92. The molecule has 1 aromatic carbocycles. The lowest BCUT2D eigenvalue weighted by Crippen LogP contribution is -2.40. The van der Waals surface area contributed by atoms with Crippen molar-refractivity contribution in [1.29, 1.82) is 0 Å². The molecule has 1 amide bonds. The van der Waals surface area contributed by atoms with E-state index in [1.54, 1.807) is 31.2 Å². The second-order valence-corrected chi connectivity index (χ2v) is 5.83. The van der Waals surface area contributed by atoms with E-state index in [1.165, 1.54) is 9.70 Å². The number of halogens is 1. The molecule has 3 rings (SSSR count). The van der Waals surface area contributed by atoms with Gasteiger partial charge in [0.1, 0.15) is 6.04 Å². The molecule has 0 bridgehead atoms. The molecule has 0 radical (unpaired) electrons. The summed E-state index contributed by atoms with van der Waals surface area (Å²) in [6.45, 7) is 2.09. The van der Waals surface area contributed by atoms with Crippen LogP contribution in [0, 0.1) is 6.92 Å². The highest BCUT2D eigenvalue weighted by Crippen LogP contribution is 2.21. The molecule has 2 aromatic rings. The molecule has 1 N–H and O–H groups in total. The molecule has 1 fully saturated rings. The number of hydrogen-bond donors (Lipinski definition) is 1. The molecule has 1 aromatic heterocycles. The van der Waals surface area contributed by atoms with Gasteiger partial charge < -0.3 is 10.0 Å². The molecule has 8 heteroatoms. The molecule has 0 saturated carbocycles. The summed E-state index contributed by atoms with van der Waals surface area (Å²) in [6, 6.07) is 6.16. The fourth-order valence-corrected chi connectivity index (χ4v) is 2.88. The molecule has 1 aliphatic heterocycles. The minimum atomic E-state index is -0.990. The summed E-state index contributed by atoms with van der Waals surface area (Å²) in [6.07, 6.45) is 1.13. The molecule has 1 aliphatic rings. The molecular formula is C15H15ClN4O3. The van der Waals surface area contributed by atoms with E-state index in [4.69, 9.17) is 11.6 Å². The van der Waals surface area contributed by atoms with Crippen LogP contribution in [0.4, 0.5) is 0 Å². The number of rotatable bonds is 3. The third kappa shape index (κ3) is 2.92. The van der Waals surface area contributed by atoms with Gasteiger partial charge in [-0.15, -0.1) is 5.10 Å². The van der Waals surface area contributed by atoms with Crippen molar-refractivity contribution in [3.05, 3.63) is 40.7 Å². The minimum Gasteiger partial charge on any atom is -0.480 e. The van der Waals surface area contributed by atoms with Crippen molar-refractivity contribution in [3.8, 4) is 5.69 Å². The Labute approximate surface area is 137 Å². The number of aliphatic carboxylic acids is 1. The van der Waals surface area contributed by atoms with Gasteiger partial charge in [0, 0.05) is 11.6 Å². The van der Waals surface area contributed by atoms with E-state index in [2.05, 4.69) is 10.2 Å². The van der Waals surface area contributed by atoms with E-state index in [-0.39, 0.29) is 5.69 Å². The van der Waals surface area contributed by atoms with Crippen molar-refractivity contribution in [2.75, 3.05) is 6.54 Å². The van der Waals surface area contributed by atoms with Crippen LogP contribution in [0.2, 0.25) is 5.02 Å². The molecule has 0 aliphatic carbocycles. The fraction of sp³-hybridized carbons (Fsp3) is 0.333. The number of benzene rings is 1. The van der Waals surface area contributed by atoms with Gasteiger partial charge in [0.2, 0.25) is 0 Å². The lowest BCUT2D eigenvalue weighted by molar-refractivity contribution is -0.141. The highest BCUT2D eigenvalue weighted by atomic mass is 35.5. The summed E-state index contributed by atoms with van der Waals surface area (Å²) in [5.41, 5.74) is 1.25. The molecule has 7 nitrogen and oxygen atoms in total. The number of carbonyl (C=O) groups excluding carboxylic acids is 1. The van der Waals surface area contributed by atoms with Crippen LogP contribution in [0.15, 0.2) is 24.3 Å². The van der Waals surface area contributed by atoms with Gasteiger partial charge in [-0.3, -0.25) is 4.79 Å². The first-order valence-electron chi connectivity index (χ1n) is 7.21. The third-order valence-corrected chi connectivity index (χ3v) is 4.06. The van der Waals surface area contributed by atoms with Crippen molar-refractivity contribution < 1.29 is 14.7 Å². The fourth-order valence-electron chi connectivity index (χ4n) is 2.69. The normalized spacial score (nSPS) is 17.5. The average Bonchev–Trinajstić information content (AvgIpc) is 3.13. The zero-order valence-corrected chi connectivity index (χ0v) is 13.2. The number of carbonyl (C=O) groups is 2. The van der Waals surface area contributed by atoms with Crippen LogP contribution in [0.25, 0.3) is 5.69 Å². The number of hydrogen-bond acceptors (Lipinski definition) is 4. The quantitative estimate of drug-likeness (QED) is 0.926. The lowest BCUT2D eigenvalue weighted by Gasteiger charge is -2.20. The Bertz CT molecular complexity index is 774. The number of carboxylic acids is 1. The first-order valence-corrected chi connectivity index (χ1v) is 7.59. The van der Waals surface area contributed by atoms with E-state index in [9.17, 15) is 14.7 Å². The van der Waals surface area contributed by atoms with E-state index in [0.717, 1.165) is 0 Å². The summed E-state index contributed by atoms with van der Waals surface area (Å²) >= 11 is 5.95. The Kier molecular flexibility index (Phi) is 4.04. The number of carboxylic acid groups (broad SMARTS) is 1. The summed E-state index contributed by atoms with van der Waals surface area (Å²) < 4.78 is 0. The predicted molar refractivity (Wildman–Crippen MR) is 82.8 cm³/mol. The van der Waals surface area contributed by atoms with Crippen LogP contribution in [-0.4, -0.2) is 49.5 Å². The number of nitrogens with zero attached hydrogens (tertiary/aromatic N) is 4. The highest BCUT2D eigenvalue weighted by Gasteiger charge is 2.36. The van der Waals surface area contributed by atoms with Gasteiger partial charge >= 0.3 is 5.97 Å². The lowest BCUT2D eigenvalue weighted by atomic mass is 10.2. The van der Waals surface area contributed by atoms with Gasteiger partial charge in [-0.25, -0.2) is 4.79 Å². The largest absolute Gasteiger partial charge is 0.480 e. The third-order valence-electron chi connectivity index (χ3n) is 3.82. The number of amides is 1. The molecular weight excluding hydrogens is 320 g/mol. The summed E-state index contributed by atoms with van der Waals surface area (Å²) in [5.74, 6) is -1.39. The Morgan fingerprint density at radius 2 is 2.13 bits per heavy atom. The smallest absolute Gasteiger partial charge is 0.326 e. The molecule has 1 saturated heterocycles. The number of likely N-dealkylation sites (tertiary alicyclic amines) is 1. The minimum absolute atomic E-state index is 0.165. The SMILES string of the molecule is Cc1nn(-c2cccc(Cl)c2)nc1C(=O)N1CCC[C@H]1C(=O)O. The Hall–Kier alpha value is -2.41. The summed E-state index contributed by atoms with van der Waals surface area (Å²) in [4.78, 5) is 26.5. The van der Waals surface area contributed by atoms with Gasteiger partial charge in [0.05, 0.1) is 11.4 Å². The first-order chi connectivity index (χ1) is 11.0. The number of aryl methyl sites for hydroxylation is 1. The van der Waals surface area contributed by atoms with E-state index in [0.29, 0.717) is 35.8 Å². The number of aromatic nitrogens is 3. The predicted octanol–water partition coefficient (Wildman–Crippen LogP) is 1.92. The van der Waals surface area contributed by atoms with Crippen molar-refractivity contribution in [2.24, 2.45) is 0 Å². The first kappa shape index (κ1) is 15.5. The van der Waals surface area contributed by atoms with Crippen molar-refractivity contribution in [3.63, 3.8) is 0 Å². The van der Waals surface area contributed by atoms with Gasteiger partial charge in [-0.1, -0.05) is 17.7 Å². The van der Waals surface area contributed by atoms with E-state index in [1.807, 2.05) is 0 Å². The van der Waals surface area contributed by atoms with Crippen LogP contribution >= 0.6 is 11.6 Å².